The minimum atomic E-state index is -0.449. The molecule has 0 radical (unpaired) electrons. The van der Waals surface area contributed by atoms with Crippen LogP contribution >= 0.6 is 0 Å². The highest BCUT2D eigenvalue weighted by molar-refractivity contribution is 5.71. The number of esters is 4. The number of aliphatic hydroxyl groups is 1. The Morgan fingerprint density at radius 2 is 0.700 bits per heavy atom. The predicted molar refractivity (Wildman–Crippen MR) is 232 cm³/mol. The van der Waals surface area contributed by atoms with E-state index in [2.05, 4.69) is 27.7 Å². The van der Waals surface area contributed by atoms with Crippen LogP contribution in [-0.4, -0.2) is 126 Å². The first-order valence-electron chi connectivity index (χ1n) is 23.7. The minimum Gasteiger partial charge on any atom is -0.462 e. The molecule has 0 unspecified atom stereocenters. The number of unbranched alkanes of at least 4 members (excludes halogenated alkanes) is 13. The second-order valence-corrected chi connectivity index (χ2v) is 15.3. The molecule has 0 aromatic heterocycles. The van der Waals surface area contributed by atoms with Gasteiger partial charge in [-0.25, -0.2) is 0 Å². The van der Waals surface area contributed by atoms with Crippen molar-refractivity contribution in [1.82, 2.24) is 4.90 Å². The van der Waals surface area contributed by atoms with Gasteiger partial charge in [0.15, 0.2) is 12.6 Å². The smallest absolute Gasteiger partial charge is 0.307 e. The van der Waals surface area contributed by atoms with E-state index in [1.54, 1.807) is 0 Å². The molecule has 0 bridgehead atoms. The van der Waals surface area contributed by atoms with Crippen molar-refractivity contribution in [3.8, 4) is 0 Å². The summed E-state index contributed by atoms with van der Waals surface area (Å²) in [5.74, 6) is -1.69. The zero-order valence-electron chi connectivity index (χ0n) is 38.4. The van der Waals surface area contributed by atoms with Crippen molar-refractivity contribution >= 4 is 23.9 Å². The molecule has 354 valence electrons. The number of hydrogen-bond donors (Lipinski definition) is 1. The summed E-state index contributed by atoms with van der Waals surface area (Å²) >= 11 is 0. The number of ether oxygens (including phenoxy) is 8. The molecule has 0 atom stereocenters. The van der Waals surface area contributed by atoms with Crippen molar-refractivity contribution in [2.45, 2.75) is 194 Å². The molecule has 14 nitrogen and oxygen atoms in total. The lowest BCUT2D eigenvalue weighted by molar-refractivity contribution is -0.161. The van der Waals surface area contributed by atoms with Crippen LogP contribution in [0.2, 0.25) is 0 Å². The van der Waals surface area contributed by atoms with Gasteiger partial charge in [0.1, 0.15) is 26.4 Å². The molecule has 0 saturated carbocycles. The van der Waals surface area contributed by atoms with Crippen molar-refractivity contribution in [3.63, 3.8) is 0 Å². The molecule has 0 spiro atoms. The Labute approximate surface area is 363 Å². The van der Waals surface area contributed by atoms with E-state index in [0.29, 0.717) is 71.7 Å². The number of nitrogens with zero attached hydrogens (tertiary/aromatic N) is 1. The summed E-state index contributed by atoms with van der Waals surface area (Å²) in [4.78, 5) is 51.7. The Morgan fingerprint density at radius 1 is 0.383 bits per heavy atom. The van der Waals surface area contributed by atoms with Gasteiger partial charge in [-0.05, 0) is 45.1 Å². The fourth-order valence-corrected chi connectivity index (χ4v) is 6.07. The summed E-state index contributed by atoms with van der Waals surface area (Å²) in [7, 11) is 0. The first-order chi connectivity index (χ1) is 29.3. The van der Waals surface area contributed by atoms with Gasteiger partial charge >= 0.3 is 23.9 Å². The SMILES string of the molecule is CCCCCCOC(CCC(=O)OCCOC(=O)CCN(CCCCO)CCC(=O)OCCOC(=O)CCC(OCCCCCC)OCCCCCC)OCCCCCC. The third-order valence-electron chi connectivity index (χ3n) is 9.74. The normalized spacial score (nSPS) is 11.5. The Hall–Kier alpha value is -2.36. The summed E-state index contributed by atoms with van der Waals surface area (Å²) in [6.45, 7) is 12.2. The number of carbonyl (C=O) groups excluding carboxylic acids is 4. The topological polar surface area (TPSA) is 166 Å². The predicted octanol–water partition coefficient (Wildman–Crippen LogP) is 8.61. The maximum atomic E-state index is 12.5. The average Bonchev–Trinajstić information content (AvgIpc) is 3.24. The van der Waals surface area contributed by atoms with Crippen molar-refractivity contribution in [2.24, 2.45) is 0 Å². The van der Waals surface area contributed by atoms with Crippen LogP contribution in [0.5, 0.6) is 0 Å². The highest BCUT2D eigenvalue weighted by Crippen LogP contribution is 2.12. The zero-order valence-corrected chi connectivity index (χ0v) is 38.4. The lowest BCUT2D eigenvalue weighted by Crippen LogP contribution is -2.31. The largest absolute Gasteiger partial charge is 0.462 e. The van der Waals surface area contributed by atoms with Gasteiger partial charge in [-0.15, -0.1) is 0 Å². The van der Waals surface area contributed by atoms with Gasteiger partial charge in [0.2, 0.25) is 0 Å². The van der Waals surface area contributed by atoms with Gasteiger partial charge in [-0.2, -0.15) is 0 Å². The second-order valence-electron chi connectivity index (χ2n) is 15.3. The van der Waals surface area contributed by atoms with Crippen molar-refractivity contribution in [3.05, 3.63) is 0 Å². The maximum Gasteiger partial charge on any atom is 0.307 e. The Bertz CT molecular complexity index is 901. The number of hydrogen-bond acceptors (Lipinski definition) is 14. The fourth-order valence-electron chi connectivity index (χ4n) is 6.07. The van der Waals surface area contributed by atoms with Crippen LogP contribution in [0.15, 0.2) is 0 Å². The quantitative estimate of drug-likeness (QED) is 0.0268. The monoisotopic (exact) mass is 862 g/mol. The summed E-state index contributed by atoms with van der Waals surface area (Å²) in [5.41, 5.74) is 0. The van der Waals surface area contributed by atoms with Gasteiger partial charge in [0.05, 0.1) is 25.7 Å². The maximum absolute atomic E-state index is 12.5. The van der Waals surface area contributed by atoms with Crippen LogP contribution in [0, 0.1) is 0 Å². The molecule has 1 N–H and O–H groups in total. The van der Waals surface area contributed by atoms with E-state index >= 15 is 0 Å². The van der Waals surface area contributed by atoms with Gasteiger partial charge in [0, 0.05) is 59.0 Å². The average molecular weight is 862 g/mol. The van der Waals surface area contributed by atoms with E-state index in [1.165, 1.54) is 25.7 Å². The molecule has 0 rings (SSSR count). The van der Waals surface area contributed by atoms with Gasteiger partial charge in [-0.1, -0.05) is 105 Å². The van der Waals surface area contributed by atoms with Gasteiger partial charge in [-0.3, -0.25) is 19.2 Å². The molecule has 14 heteroatoms. The Balaban J connectivity index is 4.47. The molecular weight excluding hydrogens is 774 g/mol. The third-order valence-corrected chi connectivity index (χ3v) is 9.74. The summed E-state index contributed by atoms with van der Waals surface area (Å²) in [6, 6.07) is 0. The summed E-state index contributed by atoms with van der Waals surface area (Å²) in [5, 5.41) is 9.23. The minimum absolute atomic E-state index is 0.0475. The van der Waals surface area contributed by atoms with Crippen LogP contribution < -0.4 is 0 Å². The molecule has 0 aromatic rings. The van der Waals surface area contributed by atoms with Crippen molar-refractivity contribution in [1.29, 1.82) is 0 Å². The van der Waals surface area contributed by atoms with Gasteiger partial charge < -0.3 is 47.9 Å². The first kappa shape index (κ1) is 57.6. The Kier molecular flexibility index (Phi) is 42.9. The molecule has 0 aliphatic rings. The summed E-state index contributed by atoms with van der Waals surface area (Å²) < 4.78 is 44.8. The molecular formula is C46H87NO13. The molecule has 0 aliphatic carbocycles. The standard InChI is InChI=1S/C46H87NO13/c1-5-9-13-19-33-57-45(58-34-20-14-10-6-2)25-23-41(49)53-37-39-55-43(51)27-30-47(29-17-18-32-48)31-28-44(52)56-40-38-54-42(50)24-26-46(59-35-21-15-11-7-3)60-36-22-16-12-8-4/h45-46,48H,5-40H2,1-4H3. The molecule has 0 aliphatic heterocycles. The highest BCUT2D eigenvalue weighted by atomic mass is 16.7. The summed E-state index contributed by atoms with van der Waals surface area (Å²) in [6.07, 6.45) is 19.2. The number of aliphatic hydroxyl groups excluding tert-OH is 1. The Morgan fingerprint density at radius 3 is 1.00 bits per heavy atom. The lowest BCUT2D eigenvalue weighted by atomic mass is 10.2. The van der Waals surface area contributed by atoms with Crippen LogP contribution in [-0.2, 0) is 57.1 Å². The molecule has 0 heterocycles. The van der Waals surface area contributed by atoms with Crippen LogP contribution in [0.25, 0.3) is 0 Å². The first-order valence-corrected chi connectivity index (χ1v) is 23.7. The second kappa shape index (κ2) is 44.7. The van der Waals surface area contributed by atoms with Crippen LogP contribution in [0.4, 0.5) is 0 Å². The van der Waals surface area contributed by atoms with Crippen molar-refractivity contribution in [2.75, 3.05) is 79.1 Å². The van der Waals surface area contributed by atoms with E-state index < -0.39 is 36.5 Å². The van der Waals surface area contributed by atoms with E-state index in [0.717, 1.165) is 77.0 Å². The lowest BCUT2D eigenvalue weighted by Gasteiger charge is -2.21. The van der Waals surface area contributed by atoms with Crippen molar-refractivity contribution < 1.29 is 62.2 Å². The van der Waals surface area contributed by atoms with Crippen LogP contribution in [0.3, 0.4) is 0 Å². The number of rotatable bonds is 46. The van der Waals surface area contributed by atoms with Crippen LogP contribution in [0.1, 0.15) is 182 Å². The molecule has 0 amide bonds. The molecule has 60 heavy (non-hydrogen) atoms. The van der Waals surface area contributed by atoms with Gasteiger partial charge in [0.25, 0.3) is 0 Å². The van der Waals surface area contributed by atoms with E-state index in [-0.39, 0.29) is 58.7 Å². The number of carbonyl (C=O) groups is 4. The molecule has 0 fully saturated rings. The highest BCUT2D eigenvalue weighted by Gasteiger charge is 2.17. The van der Waals surface area contributed by atoms with E-state index in [9.17, 15) is 24.3 Å². The molecule has 0 saturated heterocycles. The van der Waals surface area contributed by atoms with E-state index in [4.69, 9.17) is 37.9 Å². The molecule has 0 aromatic carbocycles. The third kappa shape index (κ3) is 39.8. The fraction of sp³-hybridized carbons (Fsp3) is 0.913. The zero-order chi connectivity index (χ0) is 44.2. The van der Waals surface area contributed by atoms with E-state index in [1.807, 2.05) is 4.90 Å².